The lowest BCUT2D eigenvalue weighted by atomic mass is 10.1. The number of nitrogens with one attached hydrogen (secondary N) is 11. The molecule has 4 amide bonds. The van der Waals surface area contributed by atoms with Crippen molar-refractivity contribution >= 4 is 145 Å². The van der Waals surface area contributed by atoms with E-state index in [4.69, 9.17) is 55.7 Å². The van der Waals surface area contributed by atoms with Crippen LogP contribution < -0.4 is 35.4 Å². The SMILES string of the molecule is CC(CCNS(C)(=O)=O)NC(=O)c1cc2cc(Cl)ccc2[nH]1.CC(NC(=O)c1cc2cc(Cl)ccc2[nH]1)c1cnn(-c2ccccc2)c1.CC(NC(=O)c1cc2cc(Cl)ccc2[nH]1)c1nc(-c2ccccc2)no1.COc1cccc(-n2cc(C(C)NC(=O)c3cc4cc(Cl)ccc4[nH]3)cn2)c1.C[C@H](NS(=O)(=O)c1cc2cc(F)ccc2[nH]1)c1ccccc1. The first-order valence-corrected chi connectivity index (χ1v) is 43.7. The summed E-state index contributed by atoms with van der Waals surface area (Å²) in [4.78, 5) is 69.3. The molecule has 0 aliphatic heterocycles. The maximum absolute atomic E-state index is 13.2. The number of carbonyl (C=O) groups is 4. The van der Waals surface area contributed by atoms with Gasteiger partial charge in [0.25, 0.3) is 33.7 Å². The second kappa shape index (κ2) is 39.8. The van der Waals surface area contributed by atoms with Gasteiger partial charge in [0.05, 0.1) is 49.2 Å². The monoisotopic (exact) mass is 1790 g/mol. The molecule has 8 aromatic heterocycles. The zero-order valence-corrected chi connectivity index (χ0v) is 72.3. The van der Waals surface area contributed by atoms with Gasteiger partial charge in [0.15, 0.2) is 0 Å². The van der Waals surface area contributed by atoms with E-state index in [9.17, 15) is 40.4 Å². The molecular formula is C90H84Cl4FN17O10S2. The predicted molar refractivity (Wildman–Crippen MR) is 482 cm³/mol. The van der Waals surface area contributed by atoms with E-state index in [-0.39, 0.29) is 59.4 Å². The van der Waals surface area contributed by atoms with Gasteiger partial charge in [-0.2, -0.15) is 15.2 Å². The lowest BCUT2D eigenvalue weighted by molar-refractivity contribution is 0.0921. The molecule has 4 unspecified atom stereocenters. The Hall–Kier alpha value is -13.2. The molecule has 0 saturated heterocycles. The lowest BCUT2D eigenvalue weighted by Gasteiger charge is -2.13. The van der Waals surface area contributed by atoms with Crippen molar-refractivity contribution in [1.29, 1.82) is 0 Å². The Morgan fingerprint density at radius 2 is 0.879 bits per heavy atom. The molecule has 0 spiro atoms. The van der Waals surface area contributed by atoms with Crippen LogP contribution in [-0.4, -0.2) is 121 Å². The summed E-state index contributed by atoms with van der Waals surface area (Å²) in [7, 11) is -5.29. The molecule has 0 aliphatic rings. The summed E-state index contributed by atoms with van der Waals surface area (Å²) in [5, 5.41) is 31.0. The Balaban J connectivity index is 0.000000134. The normalized spacial score (nSPS) is 12.6. The molecule has 0 radical (unpaired) electrons. The second-order valence-electron chi connectivity index (χ2n) is 29.0. The lowest BCUT2D eigenvalue weighted by Crippen LogP contribution is -2.36. The first-order chi connectivity index (χ1) is 59.4. The van der Waals surface area contributed by atoms with Crippen LogP contribution in [0.25, 0.3) is 77.3 Å². The number of nitrogens with zero attached hydrogens (tertiary/aromatic N) is 6. The van der Waals surface area contributed by atoms with Gasteiger partial charge >= 0.3 is 0 Å². The highest BCUT2D eigenvalue weighted by atomic mass is 35.5. The van der Waals surface area contributed by atoms with Crippen molar-refractivity contribution in [2.24, 2.45) is 0 Å². The van der Waals surface area contributed by atoms with Gasteiger partial charge in [0.2, 0.25) is 21.7 Å². The van der Waals surface area contributed by atoms with Crippen molar-refractivity contribution in [2.45, 2.75) is 76.3 Å². The van der Waals surface area contributed by atoms with Crippen molar-refractivity contribution in [3.05, 3.63) is 333 Å². The standard InChI is InChI=1S/C21H19ClN4O2.C20H17ClN4O.C19H15ClN4O2.C16H15FN2O2S.C14H18ClN3O3S/c1-13(15-11-23-26(12-15)17-4-3-5-18(10-17)28-2)24-21(27)20-9-14-8-16(22)6-7-19(14)25-20;1-13(15-11-22-25(12-15)17-5-3-2-4-6-17)23-20(26)19-10-14-9-16(21)7-8-18(14)24-19;1-11(19-23-17(24-26-19)12-5-3-2-4-6-12)21-18(25)16-10-13-9-14(20)7-8-15(13)22-16;1-11(12-5-3-2-4-6-12)19-22(20,21)16-10-13-9-14(17)7-8-15(13)18-16;1-9(5-6-16-22(2,20)21)17-14(19)13-8-10-7-11(15)3-4-12(10)18-13/h3-13,25H,1-2H3,(H,24,27);2-13,24H,1H3,(H,23,26);2-11,22H,1H3,(H,21,25);2-11,18-19H,1H3;3-4,7-9,16,18H,5-6H2,1-2H3,(H,17,19)/t;;;11-;/m...0./s1. The Kier molecular flexibility index (Phi) is 28.4. The Bertz CT molecular complexity index is 6700. The van der Waals surface area contributed by atoms with Crippen molar-refractivity contribution in [3.63, 3.8) is 0 Å². The number of carbonyl (C=O) groups excluding carboxylic acids is 4. The van der Waals surface area contributed by atoms with Gasteiger partial charge in [-0.25, -0.2) is 40.0 Å². The van der Waals surface area contributed by atoms with Crippen LogP contribution in [0.3, 0.4) is 0 Å². The fourth-order valence-electron chi connectivity index (χ4n) is 13.0. The second-order valence-corrected chi connectivity index (χ2v) is 34.2. The van der Waals surface area contributed by atoms with E-state index in [2.05, 4.69) is 76.0 Å². The number of hydrogen-bond donors (Lipinski definition) is 11. The molecule has 0 fully saturated rings. The first kappa shape index (κ1) is 88.6. The summed E-state index contributed by atoms with van der Waals surface area (Å²) in [6, 6.07) is 69.3. The maximum Gasteiger partial charge on any atom is 0.268 e. The fourth-order valence-corrected chi connectivity index (χ4v) is 15.4. The molecule has 5 atom stereocenters. The topological polar surface area (TPSA) is 371 Å². The average molecular weight is 1790 g/mol. The Labute approximate surface area is 731 Å². The summed E-state index contributed by atoms with van der Waals surface area (Å²) in [6.07, 6.45) is 8.94. The van der Waals surface area contributed by atoms with E-state index in [1.807, 2.05) is 185 Å². The molecule has 17 aromatic rings. The van der Waals surface area contributed by atoms with E-state index < -0.39 is 31.9 Å². The first-order valence-electron chi connectivity index (χ1n) is 38.8. The number of methoxy groups -OCH3 is 1. The van der Waals surface area contributed by atoms with Gasteiger partial charge in [0, 0.05) is 128 Å². The summed E-state index contributed by atoms with van der Waals surface area (Å²) in [5.41, 5.74) is 11.3. The zero-order chi connectivity index (χ0) is 87.9. The van der Waals surface area contributed by atoms with E-state index >= 15 is 0 Å². The smallest absolute Gasteiger partial charge is 0.268 e. The third-order valence-corrected chi connectivity index (χ3v) is 22.7. The van der Waals surface area contributed by atoms with Gasteiger partial charge in [-0.15, -0.1) is 0 Å². The average Bonchev–Trinajstić information content (AvgIpc) is 1.66. The van der Waals surface area contributed by atoms with Gasteiger partial charge in [-0.3, -0.25) is 19.2 Å². The number of amides is 4. The van der Waals surface area contributed by atoms with Crippen LogP contribution in [0.1, 0.15) is 130 Å². The highest BCUT2D eigenvalue weighted by Crippen LogP contribution is 2.29. The number of rotatable bonds is 23. The van der Waals surface area contributed by atoms with Gasteiger partial charge in [-0.05, 0) is 192 Å². The molecule has 27 nitrogen and oxygen atoms in total. The van der Waals surface area contributed by atoms with Gasteiger partial charge in [-0.1, -0.05) is 136 Å². The molecule has 636 valence electrons. The van der Waals surface area contributed by atoms with E-state index in [1.54, 1.807) is 103 Å². The number of H-pyrrole nitrogens is 5. The number of aromatic amines is 5. The van der Waals surface area contributed by atoms with E-state index in [0.29, 0.717) is 71.9 Å². The summed E-state index contributed by atoms with van der Waals surface area (Å²) < 4.78 is 79.1. The molecule has 34 heteroatoms. The van der Waals surface area contributed by atoms with Crippen LogP contribution >= 0.6 is 46.4 Å². The molecule has 0 bridgehead atoms. The minimum atomic E-state index is -3.71. The largest absolute Gasteiger partial charge is 0.497 e. The molecule has 124 heavy (non-hydrogen) atoms. The van der Waals surface area contributed by atoms with Crippen molar-refractivity contribution < 1.29 is 49.7 Å². The van der Waals surface area contributed by atoms with Crippen LogP contribution in [0.4, 0.5) is 4.39 Å². The number of sulfonamides is 2. The van der Waals surface area contributed by atoms with E-state index in [0.717, 1.165) is 89.2 Å². The van der Waals surface area contributed by atoms with Crippen molar-refractivity contribution in [2.75, 3.05) is 19.9 Å². The number of benzene rings is 9. The van der Waals surface area contributed by atoms with Gasteiger partial charge < -0.3 is 55.4 Å². The summed E-state index contributed by atoms with van der Waals surface area (Å²) in [5.74, 6) is 0.337. The number of fused-ring (bicyclic) bond motifs is 5. The minimum absolute atomic E-state index is 0.0240. The minimum Gasteiger partial charge on any atom is -0.497 e. The number of halogens is 5. The molecular weight excluding hydrogens is 1700 g/mol. The van der Waals surface area contributed by atoms with Crippen LogP contribution in [0.15, 0.2) is 271 Å². The number of hydrogen-bond acceptors (Lipinski definition) is 14. The molecule has 9 aromatic carbocycles. The summed E-state index contributed by atoms with van der Waals surface area (Å²) in [6.45, 7) is 9.52. The Morgan fingerprint density at radius 3 is 1.35 bits per heavy atom. The number of para-hydroxylation sites is 1. The van der Waals surface area contributed by atoms with Gasteiger partial charge in [0.1, 0.15) is 45.4 Å². The summed E-state index contributed by atoms with van der Waals surface area (Å²) >= 11 is 23.9. The molecule has 0 aliphatic carbocycles. The maximum atomic E-state index is 13.2. The fraction of sp³-hybridized carbons (Fsp3) is 0.156. The highest BCUT2D eigenvalue weighted by Gasteiger charge is 2.24. The van der Waals surface area contributed by atoms with E-state index in [1.165, 1.54) is 24.3 Å². The van der Waals surface area contributed by atoms with Crippen LogP contribution in [0.5, 0.6) is 5.75 Å². The van der Waals surface area contributed by atoms with Crippen LogP contribution in [0.2, 0.25) is 20.1 Å². The molecule has 0 saturated carbocycles. The molecule has 8 heterocycles. The number of aromatic nitrogens is 11. The third-order valence-electron chi connectivity index (χ3n) is 19.5. The van der Waals surface area contributed by atoms with Crippen LogP contribution in [-0.2, 0) is 20.0 Å². The number of ether oxygens (including phenoxy) is 1. The zero-order valence-electron chi connectivity index (χ0n) is 67.6. The van der Waals surface area contributed by atoms with Crippen molar-refractivity contribution in [3.8, 4) is 28.5 Å². The third kappa shape index (κ3) is 23.3. The predicted octanol–water partition coefficient (Wildman–Crippen LogP) is 18.6. The Morgan fingerprint density at radius 1 is 0.460 bits per heavy atom. The van der Waals surface area contributed by atoms with Crippen LogP contribution in [0, 0.1) is 5.82 Å². The highest BCUT2D eigenvalue weighted by molar-refractivity contribution is 7.89. The molecule has 11 N–H and O–H groups in total. The molecule has 17 rings (SSSR count). The quantitative estimate of drug-likeness (QED) is 0.0284. The van der Waals surface area contributed by atoms with Crippen molar-refractivity contribution in [1.82, 2.24) is 85.3 Å².